The van der Waals surface area contributed by atoms with Gasteiger partial charge in [0.1, 0.15) is 17.1 Å². The monoisotopic (exact) mass is 394 g/mol. The number of hydrogen-bond donors (Lipinski definition) is 2. The summed E-state index contributed by atoms with van der Waals surface area (Å²) in [6, 6.07) is 24.2. The van der Waals surface area contributed by atoms with Gasteiger partial charge in [-0.3, -0.25) is 0 Å². The summed E-state index contributed by atoms with van der Waals surface area (Å²) in [6.07, 6.45) is -0.00606. The molecule has 0 fully saturated rings. The van der Waals surface area contributed by atoms with Gasteiger partial charge in [-0.1, -0.05) is 61.5 Å². The van der Waals surface area contributed by atoms with E-state index in [4.69, 9.17) is 14.2 Å². The summed E-state index contributed by atoms with van der Waals surface area (Å²) in [5, 5.41) is 21.1. The van der Waals surface area contributed by atoms with Crippen molar-refractivity contribution in [1.29, 1.82) is 0 Å². The van der Waals surface area contributed by atoms with Crippen LogP contribution in [0.15, 0.2) is 78.9 Å². The van der Waals surface area contributed by atoms with Crippen molar-refractivity contribution in [2.75, 3.05) is 14.2 Å². The van der Waals surface area contributed by atoms with Crippen LogP contribution in [0, 0.1) is 0 Å². The van der Waals surface area contributed by atoms with Crippen LogP contribution in [0.5, 0.6) is 11.5 Å². The normalized spacial score (nSPS) is 11.9. The molecule has 0 heterocycles. The van der Waals surface area contributed by atoms with Crippen LogP contribution < -0.4 is 9.47 Å². The molecular formula is C24H26O5. The minimum atomic E-state index is -2.34. The Labute approximate surface area is 171 Å². The lowest BCUT2D eigenvalue weighted by molar-refractivity contribution is -0.367. The fourth-order valence-corrected chi connectivity index (χ4v) is 3.32. The van der Waals surface area contributed by atoms with E-state index >= 15 is 0 Å². The molecule has 0 amide bonds. The van der Waals surface area contributed by atoms with Gasteiger partial charge in [0.2, 0.25) is 0 Å². The molecule has 0 bridgehead atoms. The molecule has 0 aliphatic carbocycles. The van der Waals surface area contributed by atoms with Crippen LogP contribution in [0.25, 0.3) is 0 Å². The second kappa shape index (κ2) is 8.66. The van der Waals surface area contributed by atoms with E-state index in [0.29, 0.717) is 11.5 Å². The van der Waals surface area contributed by atoms with Gasteiger partial charge in [-0.2, -0.15) is 0 Å². The van der Waals surface area contributed by atoms with E-state index in [9.17, 15) is 10.2 Å². The Morgan fingerprint density at radius 1 is 0.655 bits per heavy atom. The Morgan fingerprint density at radius 2 is 1.07 bits per heavy atom. The Balaban J connectivity index is 2.30. The lowest BCUT2D eigenvalue weighted by Crippen LogP contribution is -2.44. The van der Waals surface area contributed by atoms with Gasteiger partial charge in [-0.05, 0) is 41.0 Å². The predicted octanol–water partition coefficient (Wildman–Crippen LogP) is 4.06. The van der Waals surface area contributed by atoms with Crippen LogP contribution in [0.4, 0.5) is 0 Å². The van der Waals surface area contributed by atoms with Gasteiger partial charge >= 0.3 is 0 Å². The molecule has 0 atom stereocenters. The van der Waals surface area contributed by atoms with Gasteiger partial charge < -0.3 is 24.4 Å². The first-order valence-corrected chi connectivity index (χ1v) is 9.44. The highest BCUT2D eigenvalue weighted by Crippen LogP contribution is 2.43. The summed E-state index contributed by atoms with van der Waals surface area (Å²) in [5.41, 5.74) is 0.960. The minimum Gasteiger partial charge on any atom is -0.497 e. The lowest BCUT2D eigenvalue weighted by atomic mass is 9.80. The molecule has 5 heteroatoms. The predicted molar refractivity (Wildman–Crippen MR) is 111 cm³/mol. The maximum Gasteiger partial charge on any atom is 0.279 e. The minimum absolute atomic E-state index is 0.00606. The van der Waals surface area contributed by atoms with Crippen molar-refractivity contribution in [3.05, 3.63) is 95.6 Å². The summed E-state index contributed by atoms with van der Waals surface area (Å²) in [4.78, 5) is 0. The number of methoxy groups -OCH3 is 2. The number of hydrogen-bond acceptors (Lipinski definition) is 5. The molecule has 3 rings (SSSR count). The zero-order valence-corrected chi connectivity index (χ0v) is 16.8. The van der Waals surface area contributed by atoms with Crippen molar-refractivity contribution in [3.8, 4) is 11.5 Å². The highest BCUT2D eigenvalue weighted by molar-refractivity contribution is 5.49. The second-order valence-electron chi connectivity index (χ2n) is 6.70. The lowest BCUT2D eigenvalue weighted by Gasteiger charge is -2.40. The molecule has 5 nitrogen and oxygen atoms in total. The summed E-state index contributed by atoms with van der Waals surface area (Å²) < 4.78 is 16.7. The average molecular weight is 394 g/mol. The van der Waals surface area contributed by atoms with Crippen molar-refractivity contribution in [1.82, 2.24) is 0 Å². The molecule has 2 N–H and O–H groups in total. The van der Waals surface area contributed by atoms with Gasteiger partial charge in [-0.15, -0.1) is 0 Å². The Hall–Kier alpha value is -2.86. The smallest absolute Gasteiger partial charge is 0.279 e. The van der Waals surface area contributed by atoms with E-state index in [0.717, 1.165) is 16.7 Å². The Bertz CT molecular complexity index is 855. The van der Waals surface area contributed by atoms with E-state index in [1.165, 1.54) is 0 Å². The molecule has 0 aromatic heterocycles. The summed E-state index contributed by atoms with van der Waals surface area (Å²) in [7, 11) is 3.20. The SMILES string of the molecule is CCC(O)(O)OC(c1ccccc1)(c1ccc(OC)cc1)c1ccc(OC)cc1. The van der Waals surface area contributed by atoms with Crippen molar-refractivity contribution in [2.45, 2.75) is 24.9 Å². The number of ether oxygens (including phenoxy) is 3. The largest absolute Gasteiger partial charge is 0.497 e. The third kappa shape index (κ3) is 4.27. The molecule has 0 saturated carbocycles. The van der Waals surface area contributed by atoms with Crippen LogP contribution in [0.3, 0.4) is 0 Å². The molecule has 3 aromatic carbocycles. The zero-order valence-electron chi connectivity index (χ0n) is 16.8. The van der Waals surface area contributed by atoms with E-state index in [2.05, 4.69) is 0 Å². The van der Waals surface area contributed by atoms with E-state index in [1.54, 1.807) is 21.1 Å². The fraction of sp³-hybridized carbons (Fsp3) is 0.250. The molecule has 0 aliphatic rings. The molecule has 0 aliphatic heterocycles. The van der Waals surface area contributed by atoms with Crippen LogP contribution in [-0.2, 0) is 10.3 Å². The third-order valence-corrected chi connectivity index (χ3v) is 4.95. The average Bonchev–Trinajstić information content (AvgIpc) is 2.78. The van der Waals surface area contributed by atoms with Crippen LogP contribution >= 0.6 is 0 Å². The first kappa shape index (κ1) is 20.9. The zero-order chi connectivity index (χ0) is 20.9. The van der Waals surface area contributed by atoms with Crippen molar-refractivity contribution >= 4 is 0 Å². The summed E-state index contributed by atoms with van der Waals surface area (Å²) in [6.45, 7) is 1.65. The maximum atomic E-state index is 10.5. The van der Waals surface area contributed by atoms with Gasteiger partial charge in [0.25, 0.3) is 5.97 Å². The van der Waals surface area contributed by atoms with E-state index in [-0.39, 0.29) is 6.42 Å². The summed E-state index contributed by atoms with van der Waals surface area (Å²) in [5.74, 6) is -0.948. The quantitative estimate of drug-likeness (QED) is 0.445. The second-order valence-corrected chi connectivity index (χ2v) is 6.70. The van der Waals surface area contributed by atoms with Crippen LogP contribution in [-0.4, -0.2) is 30.4 Å². The van der Waals surface area contributed by atoms with Gasteiger partial charge in [0.15, 0.2) is 0 Å². The highest BCUT2D eigenvalue weighted by Gasteiger charge is 2.44. The number of aliphatic hydroxyl groups is 2. The molecule has 0 unspecified atom stereocenters. The molecule has 29 heavy (non-hydrogen) atoms. The van der Waals surface area contributed by atoms with Crippen LogP contribution in [0.1, 0.15) is 30.0 Å². The third-order valence-electron chi connectivity index (χ3n) is 4.95. The van der Waals surface area contributed by atoms with E-state index < -0.39 is 11.6 Å². The van der Waals surface area contributed by atoms with E-state index in [1.807, 2.05) is 78.9 Å². The molecule has 152 valence electrons. The van der Waals surface area contributed by atoms with Gasteiger partial charge in [0.05, 0.1) is 14.2 Å². The standard InChI is InChI=1S/C24H26O5/c1-4-23(25,26)29-24(18-8-6-5-7-9-18,19-10-14-21(27-2)15-11-19)20-12-16-22(28-3)17-13-20/h5-17,25-26H,4H2,1-3H3. The van der Waals surface area contributed by atoms with Gasteiger partial charge in [0, 0.05) is 6.42 Å². The molecular weight excluding hydrogens is 368 g/mol. The fourth-order valence-electron chi connectivity index (χ4n) is 3.32. The Kier molecular flexibility index (Phi) is 6.23. The van der Waals surface area contributed by atoms with Gasteiger partial charge in [-0.25, -0.2) is 0 Å². The highest BCUT2D eigenvalue weighted by atomic mass is 16.8. The topological polar surface area (TPSA) is 68.2 Å². The van der Waals surface area contributed by atoms with Crippen molar-refractivity contribution < 1.29 is 24.4 Å². The summed E-state index contributed by atoms with van der Waals surface area (Å²) >= 11 is 0. The maximum absolute atomic E-state index is 10.5. The number of rotatable bonds is 8. The Morgan fingerprint density at radius 3 is 1.45 bits per heavy atom. The van der Waals surface area contributed by atoms with Crippen molar-refractivity contribution in [2.24, 2.45) is 0 Å². The first-order valence-electron chi connectivity index (χ1n) is 9.44. The first-order chi connectivity index (χ1) is 13.9. The van der Waals surface area contributed by atoms with Crippen molar-refractivity contribution in [3.63, 3.8) is 0 Å². The molecule has 0 saturated heterocycles. The van der Waals surface area contributed by atoms with Crippen LogP contribution in [0.2, 0.25) is 0 Å². The molecule has 3 aromatic rings. The molecule has 0 radical (unpaired) electrons. The number of benzene rings is 3. The molecule has 0 spiro atoms.